The summed E-state index contributed by atoms with van der Waals surface area (Å²) in [5.41, 5.74) is 0.998. The number of hydrogen-bond donors (Lipinski definition) is 1. The first-order valence-corrected chi connectivity index (χ1v) is 9.51. The van der Waals surface area contributed by atoms with Crippen molar-refractivity contribution in [1.82, 2.24) is 15.2 Å². The van der Waals surface area contributed by atoms with E-state index in [-0.39, 0.29) is 30.0 Å². The normalized spacial score (nSPS) is 20.9. The first kappa shape index (κ1) is 16.4. The Morgan fingerprint density at radius 2 is 2.19 bits per heavy atom. The van der Waals surface area contributed by atoms with Crippen LogP contribution in [0.2, 0.25) is 0 Å². The van der Waals surface area contributed by atoms with Gasteiger partial charge in [0.15, 0.2) is 9.84 Å². The highest BCUT2D eigenvalue weighted by Gasteiger charge is 2.31. The maximum Gasteiger partial charge on any atom is 0.234 e. The van der Waals surface area contributed by atoms with Crippen LogP contribution < -0.4 is 5.32 Å². The van der Waals surface area contributed by atoms with Crippen molar-refractivity contribution in [2.75, 3.05) is 25.1 Å². The lowest BCUT2D eigenvalue weighted by atomic mass is 10.2. The highest BCUT2D eigenvalue weighted by Crippen LogP contribution is 2.17. The van der Waals surface area contributed by atoms with E-state index in [1.165, 1.54) is 0 Å². The standard InChI is InChI=1S/C13H21N3O3S2/c1-9-10(2)20-13(15-9)6-14-12(17)7-16(3)11-4-5-21(18,19)8-11/h11H,4-8H2,1-3H3,(H,14,17)/t11-/m0/s1. The van der Waals surface area contributed by atoms with Gasteiger partial charge in [0.1, 0.15) is 5.01 Å². The fourth-order valence-electron chi connectivity index (χ4n) is 2.32. The van der Waals surface area contributed by atoms with Crippen molar-refractivity contribution in [3.05, 3.63) is 15.6 Å². The fraction of sp³-hybridized carbons (Fsp3) is 0.692. The number of aryl methyl sites for hydroxylation is 2. The molecular weight excluding hydrogens is 310 g/mol. The predicted octanol–water partition coefficient (Wildman–Crippen LogP) is 0.495. The number of amides is 1. The molecule has 0 spiro atoms. The van der Waals surface area contributed by atoms with Crippen LogP contribution >= 0.6 is 11.3 Å². The smallest absolute Gasteiger partial charge is 0.234 e. The molecule has 8 heteroatoms. The summed E-state index contributed by atoms with van der Waals surface area (Å²) >= 11 is 1.58. The molecule has 1 aromatic heterocycles. The van der Waals surface area contributed by atoms with Gasteiger partial charge in [0.05, 0.1) is 30.3 Å². The average Bonchev–Trinajstić information content (AvgIpc) is 2.90. The summed E-state index contributed by atoms with van der Waals surface area (Å²) in [6, 6.07) is -0.0508. The van der Waals surface area contributed by atoms with Crippen molar-refractivity contribution >= 4 is 27.1 Å². The molecule has 0 radical (unpaired) electrons. The van der Waals surface area contributed by atoms with Gasteiger partial charge in [-0.1, -0.05) is 0 Å². The zero-order valence-corrected chi connectivity index (χ0v) is 14.2. The van der Waals surface area contributed by atoms with Gasteiger partial charge in [-0.2, -0.15) is 0 Å². The Balaban J connectivity index is 1.79. The highest BCUT2D eigenvalue weighted by atomic mass is 32.2. The number of carbonyl (C=O) groups is 1. The summed E-state index contributed by atoms with van der Waals surface area (Å²) in [4.78, 5) is 19.3. The number of sulfone groups is 1. The SMILES string of the molecule is Cc1nc(CNC(=O)CN(C)[C@H]2CCS(=O)(=O)C2)sc1C. The zero-order chi connectivity index (χ0) is 15.6. The molecular formula is C13H21N3O3S2. The Kier molecular flexibility index (Phi) is 5.00. The van der Waals surface area contributed by atoms with Crippen LogP contribution in [0.1, 0.15) is 22.0 Å². The molecule has 1 saturated heterocycles. The van der Waals surface area contributed by atoms with Crippen LogP contribution in [-0.4, -0.2) is 55.3 Å². The number of nitrogens with one attached hydrogen (secondary N) is 1. The van der Waals surface area contributed by atoms with Gasteiger partial charge in [-0.05, 0) is 27.3 Å². The van der Waals surface area contributed by atoms with Crippen molar-refractivity contribution < 1.29 is 13.2 Å². The third-order valence-corrected chi connectivity index (χ3v) is 6.56. The molecule has 0 aromatic carbocycles. The quantitative estimate of drug-likeness (QED) is 0.850. The van der Waals surface area contributed by atoms with Gasteiger partial charge in [-0.25, -0.2) is 13.4 Å². The van der Waals surface area contributed by atoms with Gasteiger partial charge in [-0.15, -0.1) is 11.3 Å². The third-order valence-electron chi connectivity index (χ3n) is 3.73. The van der Waals surface area contributed by atoms with E-state index in [9.17, 15) is 13.2 Å². The molecule has 0 unspecified atom stereocenters. The van der Waals surface area contributed by atoms with E-state index in [4.69, 9.17) is 0 Å². The Morgan fingerprint density at radius 1 is 1.48 bits per heavy atom. The van der Waals surface area contributed by atoms with Crippen molar-refractivity contribution in [2.24, 2.45) is 0 Å². The molecule has 1 aromatic rings. The molecule has 0 bridgehead atoms. The second-order valence-electron chi connectivity index (χ2n) is 5.50. The Hall–Kier alpha value is -0.990. The number of nitrogens with zero attached hydrogens (tertiary/aromatic N) is 2. The van der Waals surface area contributed by atoms with Crippen molar-refractivity contribution in [3.63, 3.8) is 0 Å². The van der Waals surface area contributed by atoms with Gasteiger partial charge >= 0.3 is 0 Å². The summed E-state index contributed by atoms with van der Waals surface area (Å²) in [5.74, 6) is 0.274. The molecule has 2 rings (SSSR count). The summed E-state index contributed by atoms with van der Waals surface area (Å²) in [6.45, 7) is 4.59. The number of aromatic nitrogens is 1. The van der Waals surface area contributed by atoms with E-state index in [0.29, 0.717) is 13.0 Å². The van der Waals surface area contributed by atoms with Crippen LogP contribution in [0.5, 0.6) is 0 Å². The van der Waals surface area contributed by atoms with Gasteiger partial charge in [-0.3, -0.25) is 9.69 Å². The number of thiazole rings is 1. The number of rotatable bonds is 5. The van der Waals surface area contributed by atoms with Crippen LogP contribution in [0.3, 0.4) is 0 Å². The summed E-state index contributed by atoms with van der Waals surface area (Å²) in [5, 5.41) is 3.73. The van der Waals surface area contributed by atoms with Crippen molar-refractivity contribution in [1.29, 1.82) is 0 Å². The molecule has 1 amide bonds. The molecule has 1 N–H and O–H groups in total. The minimum Gasteiger partial charge on any atom is -0.348 e. The molecule has 1 atom stereocenters. The Labute approximate surface area is 129 Å². The monoisotopic (exact) mass is 331 g/mol. The molecule has 6 nitrogen and oxygen atoms in total. The minimum absolute atomic E-state index is 0.0508. The zero-order valence-electron chi connectivity index (χ0n) is 12.5. The molecule has 118 valence electrons. The van der Waals surface area contributed by atoms with Crippen LogP contribution in [0.4, 0.5) is 0 Å². The third kappa shape index (κ3) is 4.49. The molecule has 1 fully saturated rings. The lowest BCUT2D eigenvalue weighted by Gasteiger charge is -2.22. The largest absolute Gasteiger partial charge is 0.348 e. The maximum atomic E-state index is 11.9. The number of likely N-dealkylation sites (N-methyl/N-ethyl adjacent to an activating group) is 1. The van der Waals surface area contributed by atoms with E-state index >= 15 is 0 Å². The van der Waals surface area contributed by atoms with Gasteiger partial charge in [0, 0.05) is 10.9 Å². The summed E-state index contributed by atoms with van der Waals surface area (Å²) in [7, 11) is -1.12. The molecule has 0 saturated carbocycles. The van der Waals surface area contributed by atoms with Gasteiger partial charge in [0.25, 0.3) is 0 Å². The number of carbonyl (C=O) groups excluding carboxylic acids is 1. The lowest BCUT2D eigenvalue weighted by molar-refractivity contribution is -0.122. The van der Waals surface area contributed by atoms with Crippen LogP contribution in [0.25, 0.3) is 0 Å². The Bertz CT molecular complexity index is 605. The lowest BCUT2D eigenvalue weighted by Crippen LogP contribution is -2.41. The highest BCUT2D eigenvalue weighted by molar-refractivity contribution is 7.91. The second-order valence-corrected chi connectivity index (χ2v) is 9.01. The van der Waals surface area contributed by atoms with E-state index in [1.54, 1.807) is 18.4 Å². The topological polar surface area (TPSA) is 79.4 Å². The van der Waals surface area contributed by atoms with Crippen LogP contribution in [-0.2, 0) is 21.2 Å². The number of hydrogen-bond acceptors (Lipinski definition) is 6. The van der Waals surface area contributed by atoms with Crippen molar-refractivity contribution in [2.45, 2.75) is 32.9 Å². The molecule has 1 aliphatic heterocycles. The van der Waals surface area contributed by atoms with E-state index in [2.05, 4.69) is 10.3 Å². The molecule has 21 heavy (non-hydrogen) atoms. The second kappa shape index (κ2) is 6.41. The molecule has 1 aliphatic rings. The summed E-state index contributed by atoms with van der Waals surface area (Å²) < 4.78 is 22.9. The van der Waals surface area contributed by atoms with Crippen LogP contribution in [0.15, 0.2) is 0 Å². The van der Waals surface area contributed by atoms with E-state index in [0.717, 1.165) is 15.6 Å². The van der Waals surface area contributed by atoms with Gasteiger partial charge in [0.2, 0.25) is 5.91 Å². The first-order valence-electron chi connectivity index (χ1n) is 6.87. The van der Waals surface area contributed by atoms with E-state index < -0.39 is 9.84 Å². The van der Waals surface area contributed by atoms with E-state index in [1.807, 2.05) is 18.7 Å². The maximum absolute atomic E-state index is 11.9. The fourth-order valence-corrected chi connectivity index (χ4v) is 5.00. The van der Waals surface area contributed by atoms with Crippen LogP contribution in [0, 0.1) is 13.8 Å². The minimum atomic E-state index is -2.92. The van der Waals surface area contributed by atoms with Gasteiger partial charge < -0.3 is 5.32 Å². The Morgan fingerprint density at radius 3 is 2.71 bits per heavy atom. The molecule has 2 heterocycles. The first-order chi connectivity index (χ1) is 9.77. The summed E-state index contributed by atoms with van der Waals surface area (Å²) in [6.07, 6.45) is 0.608. The average molecular weight is 331 g/mol. The molecule has 0 aliphatic carbocycles. The van der Waals surface area contributed by atoms with Crippen molar-refractivity contribution in [3.8, 4) is 0 Å². The predicted molar refractivity (Wildman–Crippen MR) is 83.1 cm³/mol.